The van der Waals surface area contributed by atoms with Crippen LogP contribution in [0.4, 0.5) is 34.1 Å². The zero-order chi connectivity index (χ0) is 37.3. The summed E-state index contributed by atoms with van der Waals surface area (Å²) in [6.45, 7) is 14.1. The molecule has 0 heterocycles. The number of halogens is 1. The number of nitrogens with zero attached hydrogens (tertiary/aromatic N) is 8. The van der Waals surface area contributed by atoms with E-state index >= 15 is 0 Å². The Balaban J connectivity index is 1.75. The largest absolute Gasteiger partial charge is 0.494 e. The molecule has 274 valence electrons. The molecule has 0 saturated carbocycles. The fraction of sp³-hybridized carbons (Fsp3) is 0.441. The summed E-state index contributed by atoms with van der Waals surface area (Å²) in [6.07, 6.45) is 0.294. The first-order valence-corrected chi connectivity index (χ1v) is 18.2. The Morgan fingerprint density at radius 3 is 2.16 bits per heavy atom. The smallest absolute Gasteiger partial charge is 0.296 e. The fourth-order valence-corrected chi connectivity index (χ4v) is 6.68. The van der Waals surface area contributed by atoms with E-state index in [1.807, 2.05) is 31.2 Å². The van der Waals surface area contributed by atoms with Gasteiger partial charge in [-0.3, -0.25) is 10.1 Å². The molecule has 0 saturated heterocycles. The average Bonchev–Trinajstić information content (AvgIpc) is 3.09. The second kappa shape index (κ2) is 21.6. The number of nitro groups is 1. The molecule has 3 aromatic rings. The molecule has 0 spiro atoms. The Labute approximate surface area is 314 Å². The quantitative estimate of drug-likeness (QED) is 0.0191. The molecule has 0 fully saturated rings. The second-order valence-corrected chi connectivity index (χ2v) is 13.5. The first kappa shape index (κ1) is 41.7. The highest BCUT2D eigenvalue weighted by Gasteiger charge is 2.27. The number of nitro benzene ring substituents is 1. The van der Waals surface area contributed by atoms with E-state index in [1.54, 1.807) is 54.2 Å². The first-order valence-electron chi connectivity index (χ1n) is 16.2. The number of azo groups is 2. The fourth-order valence-electron chi connectivity index (χ4n) is 4.92. The SMILES string of the molecule is COc1cc(N=Nc2ccc(C)cc2[N+](=O)[O-])c(C)cc1N=Nc1ccc(N(CCOOI)CCOP(OCCC#N)N(C(C)C)C(C)C)cc1. The molecule has 51 heavy (non-hydrogen) atoms. The molecular weight excluding hydrogens is 790 g/mol. The summed E-state index contributed by atoms with van der Waals surface area (Å²) in [7, 11) is 0.150. The summed E-state index contributed by atoms with van der Waals surface area (Å²) in [5.41, 5.74) is 4.04. The van der Waals surface area contributed by atoms with Crippen LogP contribution in [0.15, 0.2) is 75.1 Å². The Kier molecular flexibility index (Phi) is 17.7. The van der Waals surface area contributed by atoms with Gasteiger partial charge in [-0.1, -0.05) is 6.07 Å². The lowest BCUT2D eigenvalue weighted by Gasteiger charge is -2.36. The van der Waals surface area contributed by atoms with Crippen LogP contribution in [0.25, 0.3) is 0 Å². The van der Waals surface area contributed by atoms with E-state index in [-0.39, 0.29) is 23.5 Å². The van der Waals surface area contributed by atoms with Crippen molar-refractivity contribution < 1.29 is 26.8 Å². The van der Waals surface area contributed by atoms with Crippen molar-refractivity contribution in [1.29, 1.82) is 5.26 Å². The summed E-state index contributed by atoms with van der Waals surface area (Å²) in [5, 5.41) is 37.7. The maximum atomic E-state index is 11.5. The van der Waals surface area contributed by atoms with Gasteiger partial charge in [0.15, 0.2) is 28.7 Å². The number of rotatable bonds is 21. The van der Waals surface area contributed by atoms with Gasteiger partial charge >= 0.3 is 0 Å². The normalized spacial score (nSPS) is 12.4. The van der Waals surface area contributed by atoms with Crippen molar-refractivity contribution in [3.63, 3.8) is 0 Å². The third-order valence-corrected chi connectivity index (χ3v) is 9.65. The highest BCUT2D eigenvalue weighted by atomic mass is 127. The molecule has 0 N–H and O–H groups in total. The van der Waals surface area contributed by atoms with Crippen LogP contribution in [-0.2, 0) is 17.2 Å². The highest BCUT2D eigenvalue weighted by Crippen LogP contribution is 2.46. The topological polar surface area (TPSA) is 169 Å². The Morgan fingerprint density at radius 1 is 0.882 bits per heavy atom. The summed E-state index contributed by atoms with van der Waals surface area (Å²) >= 11 is 1.69. The average molecular weight is 835 g/mol. The van der Waals surface area contributed by atoms with E-state index in [9.17, 15) is 10.1 Å². The van der Waals surface area contributed by atoms with Gasteiger partial charge < -0.3 is 18.7 Å². The minimum Gasteiger partial charge on any atom is -0.494 e. The molecule has 0 aliphatic rings. The van der Waals surface area contributed by atoms with Crippen LogP contribution in [0.5, 0.6) is 5.75 Å². The molecule has 3 aromatic carbocycles. The maximum absolute atomic E-state index is 11.5. The molecular formula is C34H44IN8O7P. The summed E-state index contributed by atoms with van der Waals surface area (Å²) < 4.78 is 24.8. The van der Waals surface area contributed by atoms with Crippen molar-refractivity contribution in [3.8, 4) is 11.8 Å². The van der Waals surface area contributed by atoms with Crippen LogP contribution in [-0.4, -0.2) is 61.7 Å². The molecule has 0 bridgehead atoms. The summed E-state index contributed by atoms with van der Waals surface area (Å²) in [4.78, 5) is 18.3. The lowest BCUT2D eigenvalue weighted by Crippen LogP contribution is -2.35. The monoisotopic (exact) mass is 834 g/mol. The van der Waals surface area contributed by atoms with Gasteiger partial charge in [0.05, 0.1) is 49.1 Å². The lowest BCUT2D eigenvalue weighted by molar-refractivity contribution is -0.384. The van der Waals surface area contributed by atoms with Gasteiger partial charge in [-0.05, 0) is 89.1 Å². The summed E-state index contributed by atoms with van der Waals surface area (Å²) in [6, 6.07) is 18.3. The zero-order valence-corrected chi connectivity index (χ0v) is 32.9. The zero-order valence-electron chi connectivity index (χ0n) is 29.9. The number of hydrogen-bond donors (Lipinski definition) is 0. The van der Waals surface area contributed by atoms with Gasteiger partial charge in [0, 0.05) is 43.0 Å². The van der Waals surface area contributed by atoms with Crippen LogP contribution in [0, 0.1) is 35.3 Å². The van der Waals surface area contributed by atoms with Crippen LogP contribution in [0.2, 0.25) is 0 Å². The first-order chi connectivity index (χ1) is 24.5. The number of aryl methyl sites for hydroxylation is 2. The Morgan fingerprint density at radius 2 is 1.53 bits per heavy atom. The van der Waals surface area contributed by atoms with Gasteiger partial charge in [0.2, 0.25) is 0 Å². The number of nitriles is 1. The predicted molar refractivity (Wildman–Crippen MR) is 205 cm³/mol. The van der Waals surface area contributed by atoms with E-state index in [4.69, 9.17) is 27.2 Å². The van der Waals surface area contributed by atoms with Crippen molar-refractivity contribution in [1.82, 2.24) is 4.67 Å². The van der Waals surface area contributed by atoms with Crippen LogP contribution in [0.1, 0.15) is 45.2 Å². The number of ether oxygens (including phenoxy) is 1. The standard InChI is InChI=1S/C34H44IN8O7P/c1-24(2)42(25(3)4)51(48-18-8-15-36)49-20-17-41(16-19-47-50-35)29-12-10-28(11-13-29)37-40-32-22-27(6)31(23-34(32)46-7)39-38-30-14-9-26(5)21-33(30)43(44)45/h9-14,21-25H,8,16-20H2,1-7H3. The summed E-state index contributed by atoms with van der Waals surface area (Å²) in [5.74, 6) is 0.419. The van der Waals surface area contributed by atoms with E-state index in [2.05, 4.69) is 63.8 Å². The van der Waals surface area contributed by atoms with Gasteiger partial charge in [0.1, 0.15) is 18.0 Å². The molecule has 1 atom stereocenters. The van der Waals surface area contributed by atoms with Crippen LogP contribution >= 0.6 is 31.5 Å². The van der Waals surface area contributed by atoms with Crippen molar-refractivity contribution in [2.24, 2.45) is 20.5 Å². The van der Waals surface area contributed by atoms with Crippen molar-refractivity contribution in [2.75, 3.05) is 44.9 Å². The number of benzene rings is 3. The van der Waals surface area contributed by atoms with Crippen LogP contribution < -0.4 is 9.64 Å². The van der Waals surface area contributed by atoms with Gasteiger partial charge in [0.25, 0.3) is 14.2 Å². The lowest BCUT2D eigenvalue weighted by atomic mass is 10.1. The maximum Gasteiger partial charge on any atom is 0.296 e. The number of anilines is 1. The highest BCUT2D eigenvalue weighted by molar-refractivity contribution is 14.1. The molecule has 15 nitrogen and oxygen atoms in total. The molecule has 17 heteroatoms. The van der Waals surface area contributed by atoms with E-state index in [1.165, 1.54) is 13.2 Å². The Bertz CT molecular complexity index is 1660. The predicted octanol–water partition coefficient (Wildman–Crippen LogP) is 10.4. The van der Waals surface area contributed by atoms with E-state index in [0.717, 1.165) is 16.8 Å². The number of methoxy groups -OCH3 is 1. The second-order valence-electron chi connectivity index (χ2n) is 11.7. The van der Waals surface area contributed by atoms with E-state index < -0.39 is 13.4 Å². The molecule has 0 aliphatic heterocycles. The number of hydrogen-bond acceptors (Lipinski definition) is 14. The molecule has 0 amide bonds. The van der Waals surface area contributed by atoms with Gasteiger partial charge in [-0.15, -0.1) is 15.3 Å². The molecule has 0 aromatic heterocycles. The Hall–Kier alpha value is -3.69. The minimum atomic E-state index is -1.36. The van der Waals surface area contributed by atoms with Crippen molar-refractivity contribution >= 4 is 65.7 Å². The molecule has 0 radical (unpaired) electrons. The van der Waals surface area contributed by atoms with Crippen LogP contribution in [0.3, 0.4) is 0 Å². The van der Waals surface area contributed by atoms with Gasteiger partial charge in [-0.2, -0.15) is 13.6 Å². The molecule has 0 aliphatic carbocycles. The van der Waals surface area contributed by atoms with Gasteiger partial charge in [-0.25, -0.2) is 9.56 Å². The third-order valence-electron chi connectivity index (χ3n) is 7.29. The van der Waals surface area contributed by atoms with Crippen molar-refractivity contribution in [2.45, 2.75) is 60.0 Å². The third kappa shape index (κ3) is 13.1. The molecule has 3 rings (SSSR count). The molecule has 1 unspecified atom stereocenters. The minimum absolute atomic E-state index is 0.119. The van der Waals surface area contributed by atoms with Crippen molar-refractivity contribution in [3.05, 3.63) is 75.8 Å². The van der Waals surface area contributed by atoms with E-state index in [0.29, 0.717) is 62.1 Å².